The van der Waals surface area contributed by atoms with E-state index in [-0.39, 0.29) is 6.04 Å². The molecule has 2 fully saturated rings. The highest BCUT2D eigenvalue weighted by molar-refractivity contribution is 7.07. The molecule has 0 aliphatic carbocycles. The third kappa shape index (κ3) is 3.14. The second-order valence-corrected chi connectivity index (χ2v) is 7.73. The number of nitrogens with zero attached hydrogens (tertiary/aromatic N) is 3. The molecule has 4 rings (SSSR count). The van der Waals surface area contributed by atoms with Crippen molar-refractivity contribution in [3.8, 4) is 0 Å². The number of aliphatic hydroxyl groups is 1. The summed E-state index contributed by atoms with van der Waals surface area (Å²) in [5.74, 6) is 0. The Hall–Kier alpha value is -1.27. The summed E-state index contributed by atoms with van der Waals surface area (Å²) in [6.07, 6.45) is 3.27. The monoisotopic (exact) mass is 343 g/mol. The Bertz CT molecular complexity index is 642. The third-order valence-corrected chi connectivity index (χ3v) is 6.15. The van der Waals surface area contributed by atoms with Crippen molar-refractivity contribution in [3.05, 3.63) is 52.5 Å². The highest BCUT2D eigenvalue weighted by atomic mass is 32.1. The van der Waals surface area contributed by atoms with Gasteiger partial charge >= 0.3 is 0 Å². The summed E-state index contributed by atoms with van der Waals surface area (Å²) in [5, 5.41) is 13.8. The minimum Gasteiger partial charge on any atom is -0.383 e. The molecule has 1 aromatic heterocycles. The lowest BCUT2D eigenvalue weighted by atomic mass is 9.79. The molecule has 0 unspecified atom stereocenters. The lowest BCUT2D eigenvalue weighted by molar-refractivity contribution is -0.0960. The van der Waals surface area contributed by atoms with Gasteiger partial charge in [-0.15, -0.1) is 11.3 Å². The van der Waals surface area contributed by atoms with E-state index < -0.39 is 5.60 Å². The zero-order valence-corrected chi connectivity index (χ0v) is 14.8. The molecule has 5 heteroatoms. The van der Waals surface area contributed by atoms with Crippen molar-refractivity contribution in [3.63, 3.8) is 0 Å². The lowest BCUT2D eigenvalue weighted by Gasteiger charge is -2.48. The molecule has 0 amide bonds. The molecular formula is C19H25N3OS. The summed E-state index contributed by atoms with van der Waals surface area (Å²) in [6.45, 7) is 4.91. The van der Waals surface area contributed by atoms with E-state index >= 15 is 0 Å². The van der Waals surface area contributed by atoms with Gasteiger partial charge in [0.15, 0.2) is 0 Å². The number of hydrogen-bond donors (Lipinski definition) is 1. The fraction of sp³-hybridized carbons (Fsp3) is 0.526. The molecule has 1 aromatic carbocycles. The summed E-state index contributed by atoms with van der Waals surface area (Å²) < 4.78 is 0. The quantitative estimate of drug-likeness (QED) is 0.926. The molecule has 2 aliphatic heterocycles. The van der Waals surface area contributed by atoms with Gasteiger partial charge in [0.05, 0.1) is 17.2 Å². The SMILES string of the molecule is O[C@]1(c2ccccc2)CCN(Cc2cscn2)C[C@H]1N1CCCC1. The number of piperidine rings is 1. The molecule has 2 atom stereocenters. The highest BCUT2D eigenvalue weighted by Gasteiger charge is 2.46. The molecule has 0 spiro atoms. The number of benzene rings is 1. The molecule has 0 radical (unpaired) electrons. The van der Waals surface area contributed by atoms with E-state index in [1.807, 2.05) is 23.7 Å². The van der Waals surface area contributed by atoms with Crippen LogP contribution in [0, 0.1) is 0 Å². The van der Waals surface area contributed by atoms with Crippen LogP contribution in [0.15, 0.2) is 41.2 Å². The third-order valence-electron chi connectivity index (χ3n) is 5.52. The zero-order chi connectivity index (χ0) is 16.4. The van der Waals surface area contributed by atoms with Crippen molar-refractivity contribution >= 4 is 11.3 Å². The summed E-state index contributed by atoms with van der Waals surface area (Å²) in [6, 6.07) is 10.4. The van der Waals surface area contributed by atoms with Gasteiger partial charge in [-0.25, -0.2) is 4.98 Å². The van der Waals surface area contributed by atoms with Crippen LogP contribution in [-0.2, 0) is 12.1 Å². The minimum atomic E-state index is -0.746. The van der Waals surface area contributed by atoms with Gasteiger partial charge in [0.1, 0.15) is 5.60 Å². The smallest absolute Gasteiger partial charge is 0.108 e. The Morgan fingerprint density at radius 1 is 1.17 bits per heavy atom. The molecule has 1 N–H and O–H groups in total. The molecule has 3 heterocycles. The molecule has 24 heavy (non-hydrogen) atoms. The molecule has 0 bridgehead atoms. The predicted molar refractivity (Wildman–Crippen MR) is 96.9 cm³/mol. The normalized spacial score (nSPS) is 29.1. The van der Waals surface area contributed by atoms with Crippen LogP contribution in [-0.4, -0.2) is 52.1 Å². The van der Waals surface area contributed by atoms with E-state index in [4.69, 9.17) is 0 Å². The average molecular weight is 343 g/mol. The van der Waals surface area contributed by atoms with Crippen LogP contribution in [0.5, 0.6) is 0 Å². The largest absolute Gasteiger partial charge is 0.383 e. The van der Waals surface area contributed by atoms with Crippen molar-refractivity contribution in [2.75, 3.05) is 26.2 Å². The summed E-state index contributed by atoms with van der Waals surface area (Å²) in [4.78, 5) is 9.38. The number of likely N-dealkylation sites (tertiary alicyclic amines) is 2. The second kappa shape index (κ2) is 6.92. The van der Waals surface area contributed by atoms with E-state index in [1.54, 1.807) is 11.3 Å². The number of aromatic nitrogens is 1. The topological polar surface area (TPSA) is 39.6 Å². The highest BCUT2D eigenvalue weighted by Crippen LogP contribution is 2.37. The molecule has 2 aromatic rings. The lowest BCUT2D eigenvalue weighted by Crippen LogP contribution is -2.60. The van der Waals surface area contributed by atoms with Crippen molar-refractivity contribution in [2.45, 2.75) is 37.5 Å². The molecule has 128 valence electrons. The van der Waals surface area contributed by atoms with Gasteiger partial charge in [-0.3, -0.25) is 9.80 Å². The van der Waals surface area contributed by atoms with Crippen LogP contribution < -0.4 is 0 Å². The van der Waals surface area contributed by atoms with Gasteiger partial charge in [0, 0.05) is 25.0 Å². The summed E-state index contributed by atoms with van der Waals surface area (Å²) in [7, 11) is 0. The van der Waals surface area contributed by atoms with E-state index in [2.05, 4.69) is 32.3 Å². The molecule has 2 aliphatic rings. The average Bonchev–Trinajstić information content (AvgIpc) is 3.31. The van der Waals surface area contributed by atoms with Gasteiger partial charge in [-0.2, -0.15) is 0 Å². The molecule has 0 saturated carbocycles. The maximum absolute atomic E-state index is 11.6. The fourth-order valence-electron chi connectivity index (χ4n) is 4.20. The first-order chi connectivity index (χ1) is 11.8. The maximum atomic E-state index is 11.6. The fourth-order valence-corrected chi connectivity index (χ4v) is 4.75. The first kappa shape index (κ1) is 16.2. The Kier molecular flexibility index (Phi) is 4.68. The van der Waals surface area contributed by atoms with Crippen molar-refractivity contribution in [1.82, 2.24) is 14.8 Å². The van der Waals surface area contributed by atoms with Crippen LogP contribution in [0.3, 0.4) is 0 Å². The number of thiazole rings is 1. The Labute approximate surface area is 147 Å². The van der Waals surface area contributed by atoms with Crippen molar-refractivity contribution in [1.29, 1.82) is 0 Å². The van der Waals surface area contributed by atoms with Gasteiger partial charge < -0.3 is 5.11 Å². The molecule has 4 nitrogen and oxygen atoms in total. The Morgan fingerprint density at radius 3 is 2.67 bits per heavy atom. The van der Waals surface area contributed by atoms with Crippen LogP contribution in [0.25, 0.3) is 0 Å². The van der Waals surface area contributed by atoms with Gasteiger partial charge in [-0.05, 0) is 37.9 Å². The van der Waals surface area contributed by atoms with Gasteiger partial charge in [0.2, 0.25) is 0 Å². The van der Waals surface area contributed by atoms with E-state index in [1.165, 1.54) is 12.8 Å². The van der Waals surface area contributed by atoms with Crippen LogP contribution >= 0.6 is 11.3 Å². The number of hydrogen-bond acceptors (Lipinski definition) is 5. The zero-order valence-electron chi connectivity index (χ0n) is 14.0. The van der Waals surface area contributed by atoms with Crippen LogP contribution in [0.1, 0.15) is 30.5 Å². The van der Waals surface area contributed by atoms with E-state index in [0.29, 0.717) is 0 Å². The van der Waals surface area contributed by atoms with Crippen LogP contribution in [0.4, 0.5) is 0 Å². The van der Waals surface area contributed by atoms with Gasteiger partial charge in [-0.1, -0.05) is 30.3 Å². The summed E-state index contributed by atoms with van der Waals surface area (Å²) >= 11 is 1.65. The predicted octanol–water partition coefficient (Wildman–Crippen LogP) is 2.70. The van der Waals surface area contributed by atoms with Gasteiger partial charge in [0.25, 0.3) is 0 Å². The number of rotatable bonds is 4. The maximum Gasteiger partial charge on any atom is 0.108 e. The first-order valence-electron chi connectivity index (χ1n) is 8.87. The molecule has 2 saturated heterocycles. The Balaban J connectivity index is 1.58. The van der Waals surface area contributed by atoms with Crippen molar-refractivity contribution in [2.24, 2.45) is 0 Å². The molecular weight excluding hydrogens is 318 g/mol. The minimum absolute atomic E-state index is 0.162. The first-order valence-corrected chi connectivity index (χ1v) is 9.81. The van der Waals surface area contributed by atoms with E-state index in [9.17, 15) is 5.11 Å². The summed E-state index contributed by atoms with van der Waals surface area (Å²) in [5.41, 5.74) is 3.36. The van der Waals surface area contributed by atoms with Crippen molar-refractivity contribution < 1.29 is 5.11 Å². The standard InChI is InChI=1S/C19H25N3OS/c23-19(16-6-2-1-3-7-16)8-11-21(12-17-14-24-15-20-17)13-18(19)22-9-4-5-10-22/h1-3,6-7,14-15,18,23H,4-5,8-13H2/t18-,19+/m1/s1. The van der Waals surface area contributed by atoms with Crippen LogP contribution in [0.2, 0.25) is 0 Å². The second-order valence-electron chi connectivity index (χ2n) is 7.01. The Morgan fingerprint density at radius 2 is 1.96 bits per heavy atom. The van der Waals surface area contributed by atoms with E-state index in [0.717, 1.165) is 50.4 Å².